The van der Waals surface area contributed by atoms with Gasteiger partial charge in [0.25, 0.3) is 0 Å². The molecule has 7 rings (SSSR count). The zero-order valence-electron chi connectivity index (χ0n) is 19.2. The Morgan fingerprint density at radius 1 is 0.861 bits per heavy atom. The molecule has 0 radical (unpaired) electrons. The second kappa shape index (κ2) is 8.13. The van der Waals surface area contributed by atoms with Gasteiger partial charge in [-0.05, 0) is 42.2 Å². The van der Waals surface area contributed by atoms with Gasteiger partial charge in [0.2, 0.25) is 5.91 Å². The molecule has 36 heavy (non-hydrogen) atoms. The summed E-state index contributed by atoms with van der Waals surface area (Å²) in [6.45, 7) is 0. The minimum absolute atomic E-state index is 0.0257. The number of para-hydroxylation sites is 1. The van der Waals surface area contributed by atoms with E-state index in [1.165, 1.54) is 5.56 Å². The molecule has 1 aliphatic heterocycles. The normalized spacial score (nSPS) is 13.5. The number of imidazole rings is 1. The number of H-pyrrole nitrogens is 2. The van der Waals surface area contributed by atoms with Crippen molar-refractivity contribution in [3.63, 3.8) is 0 Å². The van der Waals surface area contributed by atoms with E-state index in [2.05, 4.69) is 60.8 Å². The van der Waals surface area contributed by atoms with Gasteiger partial charge in [-0.15, -0.1) is 0 Å². The first-order chi connectivity index (χ1) is 17.7. The number of anilines is 1. The molecule has 1 aliphatic rings. The summed E-state index contributed by atoms with van der Waals surface area (Å²) >= 11 is 0. The molecule has 4 aromatic heterocycles. The predicted molar refractivity (Wildman–Crippen MR) is 139 cm³/mol. The Labute approximate surface area is 205 Å². The highest BCUT2D eigenvalue weighted by atomic mass is 16.1. The van der Waals surface area contributed by atoms with Gasteiger partial charge in [0.05, 0.1) is 28.3 Å². The van der Waals surface area contributed by atoms with E-state index in [1.807, 2.05) is 24.3 Å². The van der Waals surface area contributed by atoms with Crippen LogP contribution in [0.3, 0.4) is 0 Å². The minimum Gasteiger partial charge on any atom is -0.337 e. The van der Waals surface area contributed by atoms with Crippen LogP contribution in [0.25, 0.3) is 55.8 Å². The second-order valence-electron chi connectivity index (χ2n) is 9.04. The van der Waals surface area contributed by atoms with Crippen molar-refractivity contribution in [2.75, 3.05) is 5.32 Å². The highest BCUT2D eigenvalue weighted by molar-refractivity contribution is 5.97. The Morgan fingerprint density at radius 3 is 2.75 bits per heavy atom. The van der Waals surface area contributed by atoms with Gasteiger partial charge in [-0.25, -0.2) is 9.97 Å². The van der Waals surface area contributed by atoms with E-state index < -0.39 is 0 Å². The highest BCUT2D eigenvalue weighted by Crippen LogP contribution is 2.33. The lowest BCUT2D eigenvalue weighted by Gasteiger charge is -2.08. The van der Waals surface area contributed by atoms with E-state index in [1.54, 1.807) is 18.6 Å². The summed E-state index contributed by atoms with van der Waals surface area (Å²) in [5.41, 5.74) is 8.92. The molecule has 0 aliphatic carbocycles. The Bertz CT molecular complexity index is 1780. The van der Waals surface area contributed by atoms with E-state index in [0.717, 1.165) is 51.5 Å². The number of pyridine rings is 2. The number of benzene rings is 2. The molecule has 5 heterocycles. The van der Waals surface area contributed by atoms with Crippen molar-refractivity contribution in [3.05, 3.63) is 78.8 Å². The fraction of sp³-hybridized carbons (Fsp3) is 0.107. The number of aromatic nitrogens is 6. The average molecular weight is 472 g/mol. The van der Waals surface area contributed by atoms with Gasteiger partial charge in [-0.1, -0.05) is 36.4 Å². The van der Waals surface area contributed by atoms with Crippen molar-refractivity contribution in [1.29, 1.82) is 0 Å². The summed E-state index contributed by atoms with van der Waals surface area (Å²) in [5.74, 6) is 0.651. The van der Waals surface area contributed by atoms with Crippen molar-refractivity contribution in [2.45, 2.75) is 19.3 Å². The monoisotopic (exact) mass is 471 g/mol. The molecule has 0 unspecified atom stereocenters. The van der Waals surface area contributed by atoms with Crippen LogP contribution < -0.4 is 5.32 Å². The summed E-state index contributed by atoms with van der Waals surface area (Å²) in [6, 6.07) is 18.5. The largest absolute Gasteiger partial charge is 0.337 e. The van der Waals surface area contributed by atoms with Gasteiger partial charge in [0, 0.05) is 35.5 Å². The number of amides is 1. The highest BCUT2D eigenvalue weighted by Gasteiger charge is 2.17. The van der Waals surface area contributed by atoms with Crippen molar-refractivity contribution >= 4 is 33.7 Å². The number of fused-ring (bicyclic) bond motifs is 9. The first-order valence-corrected chi connectivity index (χ1v) is 11.9. The smallest absolute Gasteiger partial charge is 0.224 e. The first kappa shape index (κ1) is 20.5. The lowest BCUT2D eigenvalue weighted by molar-refractivity contribution is -0.116. The lowest BCUT2D eigenvalue weighted by atomic mass is 9.99. The van der Waals surface area contributed by atoms with E-state index in [0.29, 0.717) is 29.3 Å². The summed E-state index contributed by atoms with van der Waals surface area (Å²) in [5, 5.41) is 11.4. The van der Waals surface area contributed by atoms with Crippen LogP contribution in [-0.4, -0.2) is 36.0 Å². The van der Waals surface area contributed by atoms with E-state index in [9.17, 15) is 4.79 Å². The zero-order chi connectivity index (χ0) is 24.1. The molecule has 6 aromatic rings. The quantitative estimate of drug-likeness (QED) is 0.271. The molecule has 8 nitrogen and oxygen atoms in total. The van der Waals surface area contributed by atoms with Crippen LogP contribution in [0.1, 0.15) is 18.4 Å². The number of nitrogens with one attached hydrogen (secondary N) is 3. The molecular formula is C28H21N7O. The maximum atomic E-state index is 12.6. The van der Waals surface area contributed by atoms with Crippen LogP contribution in [-0.2, 0) is 11.2 Å². The number of carbonyl (C=O) groups excluding carboxylic acids is 1. The number of aryl methyl sites for hydroxylation is 1. The van der Waals surface area contributed by atoms with Crippen LogP contribution in [0.2, 0.25) is 0 Å². The van der Waals surface area contributed by atoms with Gasteiger partial charge in [0.15, 0.2) is 11.5 Å². The molecular weight excluding hydrogens is 450 g/mol. The Kier molecular flexibility index (Phi) is 4.63. The van der Waals surface area contributed by atoms with Crippen molar-refractivity contribution in [3.8, 4) is 33.8 Å². The molecule has 0 spiro atoms. The van der Waals surface area contributed by atoms with Gasteiger partial charge >= 0.3 is 0 Å². The molecule has 3 N–H and O–H groups in total. The third-order valence-corrected chi connectivity index (χ3v) is 6.62. The topological polar surface area (TPSA) is 112 Å². The molecule has 8 bridgehead atoms. The van der Waals surface area contributed by atoms with Gasteiger partial charge in [-0.2, -0.15) is 5.10 Å². The standard InChI is InChI=1S/C28H21N7O/c36-24-9-2-5-16-4-1-6-17(10-16)21-7-3-8-23-25(21)33-28(32-23)26-22-12-19(14-30-27(22)35-34-26)18-11-20(31-24)15-29-13-18/h1,3-4,6-8,10-15H,2,5,9H2,(H,31,36)(H,32,33)(H,30,34,35). The Morgan fingerprint density at radius 2 is 1.78 bits per heavy atom. The lowest BCUT2D eigenvalue weighted by Crippen LogP contribution is -2.11. The third-order valence-electron chi connectivity index (χ3n) is 6.62. The van der Waals surface area contributed by atoms with Crippen LogP contribution >= 0.6 is 0 Å². The third kappa shape index (κ3) is 3.51. The van der Waals surface area contributed by atoms with Gasteiger partial charge < -0.3 is 10.3 Å². The van der Waals surface area contributed by atoms with Crippen LogP contribution in [0.5, 0.6) is 0 Å². The number of hydrogen-bond acceptors (Lipinski definition) is 5. The van der Waals surface area contributed by atoms with Crippen molar-refractivity contribution < 1.29 is 4.79 Å². The number of carbonyl (C=O) groups is 1. The van der Waals surface area contributed by atoms with E-state index in [-0.39, 0.29) is 5.91 Å². The van der Waals surface area contributed by atoms with Crippen molar-refractivity contribution in [2.24, 2.45) is 0 Å². The molecule has 174 valence electrons. The van der Waals surface area contributed by atoms with Crippen LogP contribution in [0.4, 0.5) is 5.69 Å². The summed E-state index contributed by atoms with van der Waals surface area (Å²) in [7, 11) is 0. The molecule has 0 atom stereocenters. The molecule has 0 saturated heterocycles. The summed E-state index contributed by atoms with van der Waals surface area (Å²) < 4.78 is 0. The molecule has 2 aromatic carbocycles. The number of hydrogen-bond donors (Lipinski definition) is 3. The minimum atomic E-state index is -0.0257. The number of rotatable bonds is 0. The average Bonchev–Trinajstić information content (AvgIpc) is 3.52. The molecule has 1 amide bonds. The first-order valence-electron chi connectivity index (χ1n) is 11.9. The molecule has 0 saturated carbocycles. The van der Waals surface area contributed by atoms with Gasteiger partial charge in [0.1, 0.15) is 5.69 Å². The van der Waals surface area contributed by atoms with Gasteiger partial charge in [-0.3, -0.25) is 14.9 Å². The van der Waals surface area contributed by atoms with Crippen molar-refractivity contribution in [1.82, 2.24) is 30.1 Å². The number of nitrogens with zero attached hydrogens (tertiary/aromatic N) is 4. The second-order valence-corrected chi connectivity index (χ2v) is 9.04. The maximum Gasteiger partial charge on any atom is 0.224 e. The van der Waals surface area contributed by atoms with Crippen LogP contribution in [0, 0.1) is 0 Å². The number of aromatic amines is 2. The fourth-order valence-electron chi connectivity index (χ4n) is 4.86. The molecule has 8 heteroatoms. The fourth-order valence-corrected chi connectivity index (χ4v) is 4.86. The predicted octanol–water partition coefficient (Wildman–Crippen LogP) is 5.51. The van der Waals surface area contributed by atoms with E-state index in [4.69, 9.17) is 4.98 Å². The Balaban J connectivity index is 1.45. The zero-order valence-corrected chi connectivity index (χ0v) is 19.2. The summed E-state index contributed by atoms with van der Waals surface area (Å²) in [6.07, 6.45) is 7.19. The van der Waals surface area contributed by atoms with Crippen LogP contribution in [0.15, 0.2) is 73.2 Å². The maximum absolute atomic E-state index is 12.6. The summed E-state index contributed by atoms with van der Waals surface area (Å²) in [4.78, 5) is 30.0. The van der Waals surface area contributed by atoms with E-state index >= 15 is 0 Å². The molecule has 0 fully saturated rings. The SMILES string of the molecule is O=C1CCCc2cccc(c2)-c2cccc3[nH]c(nc23)-c2n[nH]c3ncc(cc23)-c2cncc(c2)N1. The Hall–Kier alpha value is -4.85.